The molecule has 0 atom stereocenters. The Labute approximate surface area is 154 Å². The number of aryl methyl sites for hydroxylation is 1. The molecule has 132 valence electrons. The number of rotatable bonds is 7. The second kappa shape index (κ2) is 8.26. The first-order valence-corrected chi connectivity index (χ1v) is 8.89. The van der Waals surface area contributed by atoms with Gasteiger partial charge in [-0.1, -0.05) is 6.07 Å². The summed E-state index contributed by atoms with van der Waals surface area (Å²) in [5.41, 5.74) is 7.36. The Hall–Kier alpha value is -3.19. The van der Waals surface area contributed by atoms with Crippen molar-refractivity contribution in [2.45, 2.75) is 12.8 Å². The molecular formula is C19H17N3O3S. The third kappa shape index (κ3) is 4.90. The fourth-order valence-electron chi connectivity index (χ4n) is 2.26. The molecule has 26 heavy (non-hydrogen) atoms. The van der Waals surface area contributed by atoms with Gasteiger partial charge in [0.2, 0.25) is 17.7 Å². The Kier molecular flexibility index (Phi) is 5.60. The summed E-state index contributed by atoms with van der Waals surface area (Å²) in [6.07, 6.45) is 2.64. The van der Waals surface area contributed by atoms with Crippen LogP contribution in [0.5, 0.6) is 11.6 Å². The van der Waals surface area contributed by atoms with E-state index in [9.17, 15) is 9.59 Å². The maximum absolute atomic E-state index is 12.0. The van der Waals surface area contributed by atoms with Crippen LogP contribution in [-0.2, 0) is 11.2 Å². The average molecular weight is 367 g/mol. The molecule has 6 nitrogen and oxygen atoms in total. The van der Waals surface area contributed by atoms with Crippen molar-refractivity contribution in [3.05, 3.63) is 70.5 Å². The van der Waals surface area contributed by atoms with Crippen molar-refractivity contribution in [2.75, 3.05) is 5.32 Å². The zero-order valence-electron chi connectivity index (χ0n) is 13.8. The fourth-order valence-corrected chi connectivity index (χ4v) is 2.97. The highest BCUT2D eigenvalue weighted by atomic mass is 32.1. The first-order chi connectivity index (χ1) is 12.6. The van der Waals surface area contributed by atoms with Crippen LogP contribution < -0.4 is 15.8 Å². The molecule has 0 aliphatic heterocycles. The zero-order chi connectivity index (χ0) is 18.4. The van der Waals surface area contributed by atoms with Crippen LogP contribution in [0.15, 0.2) is 59.4 Å². The standard InChI is InChI=1S/C19H17N3O3S/c20-19(24)14-2-1-3-16(10-14)25-18-7-5-15(11-21-18)22-17(23)6-4-13-8-9-26-12-13/h1-3,5,7-12H,4,6H2,(H2,20,24)(H,22,23). The minimum Gasteiger partial charge on any atom is -0.439 e. The van der Waals surface area contributed by atoms with Crippen LogP contribution >= 0.6 is 11.3 Å². The number of thiophene rings is 1. The molecule has 0 aliphatic carbocycles. The van der Waals surface area contributed by atoms with Gasteiger partial charge >= 0.3 is 0 Å². The number of primary amides is 1. The van der Waals surface area contributed by atoms with Gasteiger partial charge in [0.25, 0.3) is 0 Å². The molecule has 2 aromatic heterocycles. The van der Waals surface area contributed by atoms with Gasteiger partial charge in [-0.25, -0.2) is 4.98 Å². The summed E-state index contributed by atoms with van der Waals surface area (Å²) in [7, 11) is 0. The van der Waals surface area contributed by atoms with E-state index in [0.29, 0.717) is 35.7 Å². The Morgan fingerprint density at radius 1 is 1.19 bits per heavy atom. The lowest BCUT2D eigenvalue weighted by atomic mass is 10.2. The molecule has 0 saturated carbocycles. The van der Waals surface area contributed by atoms with Crippen molar-refractivity contribution in [1.82, 2.24) is 4.98 Å². The number of nitrogens with zero attached hydrogens (tertiary/aromatic N) is 1. The summed E-state index contributed by atoms with van der Waals surface area (Å²) in [5, 5.41) is 6.84. The molecule has 7 heteroatoms. The Morgan fingerprint density at radius 2 is 2.08 bits per heavy atom. The fraction of sp³-hybridized carbons (Fsp3) is 0.105. The number of nitrogens with two attached hydrogens (primary N) is 1. The molecule has 0 unspecified atom stereocenters. The number of anilines is 1. The van der Waals surface area contributed by atoms with E-state index in [1.807, 2.05) is 16.8 Å². The Balaban J connectivity index is 1.55. The third-order valence-corrected chi connectivity index (χ3v) is 4.31. The van der Waals surface area contributed by atoms with Gasteiger partial charge in [0.05, 0.1) is 11.9 Å². The lowest BCUT2D eigenvalue weighted by Crippen LogP contribution is -2.12. The van der Waals surface area contributed by atoms with Gasteiger partial charge in [-0.05, 0) is 53.1 Å². The number of nitrogens with one attached hydrogen (secondary N) is 1. The van der Waals surface area contributed by atoms with Crippen molar-refractivity contribution in [3.8, 4) is 11.6 Å². The molecule has 1 aromatic carbocycles. The first kappa shape index (κ1) is 17.6. The second-order valence-electron chi connectivity index (χ2n) is 5.56. The number of hydrogen-bond acceptors (Lipinski definition) is 5. The molecule has 0 aliphatic rings. The molecule has 2 amide bonds. The molecule has 0 saturated heterocycles. The van der Waals surface area contributed by atoms with Gasteiger partial charge in [0, 0.05) is 18.1 Å². The zero-order valence-corrected chi connectivity index (χ0v) is 14.7. The summed E-state index contributed by atoms with van der Waals surface area (Å²) in [5.74, 6) is 0.217. The van der Waals surface area contributed by atoms with Gasteiger partial charge < -0.3 is 15.8 Å². The quantitative estimate of drug-likeness (QED) is 0.667. The SMILES string of the molecule is NC(=O)c1cccc(Oc2ccc(NC(=O)CCc3ccsc3)cn2)c1. The van der Waals surface area contributed by atoms with Crippen LogP contribution in [-0.4, -0.2) is 16.8 Å². The van der Waals surface area contributed by atoms with E-state index in [-0.39, 0.29) is 5.91 Å². The highest BCUT2D eigenvalue weighted by Gasteiger charge is 2.06. The van der Waals surface area contributed by atoms with Crippen molar-refractivity contribution in [1.29, 1.82) is 0 Å². The highest BCUT2D eigenvalue weighted by Crippen LogP contribution is 2.21. The monoisotopic (exact) mass is 367 g/mol. The molecule has 0 radical (unpaired) electrons. The van der Waals surface area contributed by atoms with Gasteiger partial charge in [-0.2, -0.15) is 11.3 Å². The topological polar surface area (TPSA) is 94.3 Å². The van der Waals surface area contributed by atoms with E-state index in [1.54, 1.807) is 47.7 Å². The van der Waals surface area contributed by atoms with Crippen LogP contribution in [0.3, 0.4) is 0 Å². The summed E-state index contributed by atoms with van der Waals surface area (Å²) < 4.78 is 5.60. The Bertz CT molecular complexity index is 893. The molecule has 0 bridgehead atoms. The number of carbonyl (C=O) groups is 2. The van der Waals surface area contributed by atoms with Crippen LogP contribution in [0.2, 0.25) is 0 Å². The average Bonchev–Trinajstić information content (AvgIpc) is 3.15. The summed E-state index contributed by atoms with van der Waals surface area (Å²) in [4.78, 5) is 27.3. The number of amides is 2. The number of carbonyl (C=O) groups excluding carboxylic acids is 2. The number of ether oxygens (including phenoxy) is 1. The number of benzene rings is 1. The summed E-state index contributed by atoms with van der Waals surface area (Å²) in [6.45, 7) is 0. The van der Waals surface area contributed by atoms with E-state index in [2.05, 4.69) is 10.3 Å². The maximum atomic E-state index is 12.0. The minimum absolute atomic E-state index is 0.0687. The van der Waals surface area contributed by atoms with Crippen molar-refractivity contribution in [2.24, 2.45) is 5.73 Å². The van der Waals surface area contributed by atoms with Crippen molar-refractivity contribution < 1.29 is 14.3 Å². The van der Waals surface area contributed by atoms with Crippen LogP contribution in [0.4, 0.5) is 5.69 Å². The lowest BCUT2D eigenvalue weighted by Gasteiger charge is -2.08. The lowest BCUT2D eigenvalue weighted by molar-refractivity contribution is -0.116. The van der Waals surface area contributed by atoms with Crippen LogP contribution in [0, 0.1) is 0 Å². The molecule has 3 aromatic rings. The van der Waals surface area contributed by atoms with E-state index in [1.165, 1.54) is 6.20 Å². The summed E-state index contributed by atoms with van der Waals surface area (Å²) in [6, 6.07) is 11.9. The van der Waals surface area contributed by atoms with E-state index in [4.69, 9.17) is 10.5 Å². The molecule has 2 heterocycles. The van der Waals surface area contributed by atoms with Gasteiger partial charge in [-0.3, -0.25) is 9.59 Å². The third-order valence-electron chi connectivity index (χ3n) is 3.58. The number of pyridine rings is 1. The van der Waals surface area contributed by atoms with E-state index < -0.39 is 5.91 Å². The maximum Gasteiger partial charge on any atom is 0.248 e. The van der Waals surface area contributed by atoms with Crippen molar-refractivity contribution >= 4 is 28.8 Å². The molecule has 0 spiro atoms. The first-order valence-electron chi connectivity index (χ1n) is 7.95. The van der Waals surface area contributed by atoms with Crippen LogP contribution in [0.25, 0.3) is 0 Å². The van der Waals surface area contributed by atoms with Gasteiger partial charge in [0.15, 0.2) is 0 Å². The highest BCUT2D eigenvalue weighted by molar-refractivity contribution is 7.07. The van der Waals surface area contributed by atoms with Gasteiger partial charge in [-0.15, -0.1) is 0 Å². The summed E-state index contributed by atoms with van der Waals surface area (Å²) >= 11 is 1.62. The molecule has 0 fully saturated rings. The number of aromatic nitrogens is 1. The van der Waals surface area contributed by atoms with E-state index in [0.717, 1.165) is 5.56 Å². The molecule has 3 N–H and O–H groups in total. The van der Waals surface area contributed by atoms with Crippen LogP contribution in [0.1, 0.15) is 22.3 Å². The van der Waals surface area contributed by atoms with Crippen molar-refractivity contribution in [3.63, 3.8) is 0 Å². The largest absolute Gasteiger partial charge is 0.439 e. The normalized spacial score (nSPS) is 10.3. The van der Waals surface area contributed by atoms with Gasteiger partial charge in [0.1, 0.15) is 5.75 Å². The molecule has 3 rings (SSSR count). The predicted molar refractivity (Wildman–Crippen MR) is 101 cm³/mol. The Morgan fingerprint density at radius 3 is 2.77 bits per heavy atom. The predicted octanol–water partition coefficient (Wildman–Crippen LogP) is 3.61. The number of hydrogen-bond donors (Lipinski definition) is 2. The molecular weight excluding hydrogens is 350 g/mol. The minimum atomic E-state index is -0.524. The smallest absolute Gasteiger partial charge is 0.248 e. The second-order valence-corrected chi connectivity index (χ2v) is 6.34. The van der Waals surface area contributed by atoms with E-state index >= 15 is 0 Å².